The number of carbonyl (C=O) groups excluding carboxylic acids is 1. The molecule has 0 aliphatic heterocycles. The maximum absolute atomic E-state index is 12.4. The van der Waals surface area contributed by atoms with Gasteiger partial charge in [-0.05, 0) is 62.4 Å². The van der Waals surface area contributed by atoms with Crippen LogP contribution >= 0.6 is 0 Å². The fraction of sp³-hybridized carbons (Fsp3) is 0.278. The average Bonchev–Trinajstić information content (AvgIpc) is 2.54. The highest BCUT2D eigenvalue weighted by Crippen LogP contribution is 2.22. The van der Waals surface area contributed by atoms with Gasteiger partial charge in [0.05, 0.1) is 11.0 Å². The molecule has 0 saturated heterocycles. The minimum atomic E-state index is -3.69. The summed E-state index contributed by atoms with van der Waals surface area (Å²) in [6.07, 6.45) is 0.0206. The Bertz CT molecular complexity index is 828. The van der Waals surface area contributed by atoms with E-state index >= 15 is 0 Å². The highest BCUT2D eigenvalue weighted by molar-refractivity contribution is 7.92. The lowest BCUT2D eigenvalue weighted by Gasteiger charge is -2.15. The summed E-state index contributed by atoms with van der Waals surface area (Å²) < 4.78 is 32.9. The van der Waals surface area contributed by atoms with Crippen LogP contribution in [0.25, 0.3) is 0 Å². The zero-order chi connectivity index (χ0) is 18.6. The summed E-state index contributed by atoms with van der Waals surface area (Å²) in [5, 5.41) is 0. The molecule has 7 heteroatoms. The highest BCUT2D eigenvalue weighted by Gasteiger charge is 2.15. The fourth-order valence-electron chi connectivity index (χ4n) is 2.12. The largest absolute Gasteiger partial charge is 0.491 e. The van der Waals surface area contributed by atoms with Crippen molar-refractivity contribution in [2.45, 2.75) is 31.8 Å². The summed E-state index contributed by atoms with van der Waals surface area (Å²) in [6, 6.07) is 12.8. The van der Waals surface area contributed by atoms with Crippen molar-refractivity contribution in [3.63, 3.8) is 0 Å². The van der Waals surface area contributed by atoms with Gasteiger partial charge in [-0.25, -0.2) is 8.42 Å². The second-order valence-corrected chi connectivity index (χ2v) is 7.55. The summed E-state index contributed by atoms with van der Waals surface area (Å²) in [5.74, 6) is 0.516. The van der Waals surface area contributed by atoms with E-state index in [1.165, 1.54) is 24.0 Å². The normalized spacial score (nSPS) is 11.2. The first kappa shape index (κ1) is 18.8. The lowest BCUT2D eigenvalue weighted by atomic mass is 10.2. The Balaban J connectivity index is 2.14. The van der Waals surface area contributed by atoms with Crippen molar-refractivity contribution >= 4 is 27.3 Å². The number of nitrogens with one attached hydrogen (secondary N) is 1. The molecular weight excluding hydrogens is 340 g/mol. The van der Waals surface area contributed by atoms with Crippen LogP contribution in [0, 0.1) is 0 Å². The van der Waals surface area contributed by atoms with Crippen LogP contribution in [0.2, 0.25) is 0 Å². The molecule has 2 aromatic carbocycles. The topological polar surface area (TPSA) is 75.7 Å². The van der Waals surface area contributed by atoms with Crippen LogP contribution in [0.3, 0.4) is 0 Å². The van der Waals surface area contributed by atoms with E-state index in [-0.39, 0.29) is 16.9 Å². The highest BCUT2D eigenvalue weighted by atomic mass is 32.2. The Kier molecular flexibility index (Phi) is 5.69. The van der Waals surface area contributed by atoms with E-state index in [0.717, 1.165) is 0 Å². The lowest BCUT2D eigenvalue weighted by Crippen LogP contribution is -2.22. The van der Waals surface area contributed by atoms with Crippen molar-refractivity contribution in [2.24, 2.45) is 0 Å². The van der Waals surface area contributed by atoms with Crippen molar-refractivity contribution in [1.29, 1.82) is 0 Å². The van der Waals surface area contributed by atoms with E-state index in [9.17, 15) is 13.2 Å². The number of carbonyl (C=O) groups is 1. The van der Waals surface area contributed by atoms with Gasteiger partial charge in [-0.15, -0.1) is 0 Å². The molecule has 0 fully saturated rings. The van der Waals surface area contributed by atoms with Crippen LogP contribution in [0.15, 0.2) is 53.4 Å². The van der Waals surface area contributed by atoms with Crippen LogP contribution in [-0.4, -0.2) is 27.5 Å². The predicted octanol–water partition coefficient (Wildman–Crippen LogP) is 3.26. The number of hydrogen-bond donors (Lipinski definition) is 1. The SMILES string of the molecule is CC(=O)N(C)c1ccc(NS(=O)(=O)c2ccc(OC(C)C)cc2)cc1. The van der Waals surface area contributed by atoms with Crippen molar-refractivity contribution in [1.82, 2.24) is 0 Å². The standard InChI is InChI=1S/C18H22N2O4S/c1-13(2)24-17-9-11-18(12-10-17)25(22,23)19-15-5-7-16(8-6-15)20(4)14(3)21/h5-13,19H,1-4H3. The van der Waals surface area contributed by atoms with E-state index < -0.39 is 10.0 Å². The Morgan fingerprint density at radius 3 is 2.08 bits per heavy atom. The van der Waals surface area contributed by atoms with Gasteiger partial charge in [0.1, 0.15) is 5.75 Å². The van der Waals surface area contributed by atoms with Gasteiger partial charge in [0.25, 0.3) is 10.0 Å². The van der Waals surface area contributed by atoms with Gasteiger partial charge in [0, 0.05) is 25.3 Å². The maximum Gasteiger partial charge on any atom is 0.261 e. The van der Waals surface area contributed by atoms with E-state index in [1.807, 2.05) is 13.8 Å². The molecule has 0 aliphatic carbocycles. The summed E-state index contributed by atoms with van der Waals surface area (Å²) in [7, 11) is -2.04. The first-order chi connectivity index (χ1) is 11.7. The van der Waals surface area contributed by atoms with Crippen molar-refractivity contribution < 1.29 is 17.9 Å². The molecule has 0 bridgehead atoms. The van der Waals surface area contributed by atoms with Gasteiger partial charge in [-0.1, -0.05) is 0 Å². The Hall–Kier alpha value is -2.54. The summed E-state index contributed by atoms with van der Waals surface area (Å²) in [6.45, 7) is 5.27. The van der Waals surface area contributed by atoms with E-state index in [1.54, 1.807) is 43.4 Å². The molecule has 0 aromatic heterocycles. The number of rotatable bonds is 6. The summed E-state index contributed by atoms with van der Waals surface area (Å²) in [5.41, 5.74) is 1.11. The molecule has 0 unspecified atom stereocenters. The number of nitrogens with zero attached hydrogens (tertiary/aromatic N) is 1. The number of ether oxygens (including phenoxy) is 1. The number of sulfonamides is 1. The first-order valence-electron chi connectivity index (χ1n) is 7.83. The molecule has 134 valence electrons. The van der Waals surface area contributed by atoms with Gasteiger partial charge in [-0.2, -0.15) is 0 Å². The third-order valence-electron chi connectivity index (χ3n) is 3.48. The molecule has 0 aliphatic rings. The monoisotopic (exact) mass is 362 g/mol. The molecule has 6 nitrogen and oxygen atoms in total. The smallest absolute Gasteiger partial charge is 0.261 e. The average molecular weight is 362 g/mol. The molecule has 0 saturated carbocycles. The van der Waals surface area contributed by atoms with E-state index in [2.05, 4.69) is 4.72 Å². The van der Waals surface area contributed by atoms with Crippen LogP contribution in [0.5, 0.6) is 5.75 Å². The van der Waals surface area contributed by atoms with Crippen molar-refractivity contribution in [3.05, 3.63) is 48.5 Å². The van der Waals surface area contributed by atoms with Gasteiger partial charge in [-0.3, -0.25) is 9.52 Å². The number of hydrogen-bond acceptors (Lipinski definition) is 4. The fourth-order valence-corrected chi connectivity index (χ4v) is 3.18. The van der Waals surface area contributed by atoms with E-state index in [4.69, 9.17) is 4.74 Å². The molecule has 1 amide bonds. The summed E-state index contributed by atoms with van der Waals surface area (Å²) in [4.78, 5) is 13.0. The molecule has 2 aromatic rings. The Morgan fingerprint density at radius 2 is 1.60 bits per heavy atom. The Labute approximate surface area is 148 Å². The van der Waals surface area contributed by atoms with Gasteiger partial charge < -0.3 is 9.64 Å². The molecule has 0 atom stereocenters. The molecule has 2 rings (SSSR count). The van der Waals surface area contributed by atoms with Gasteiger partial charge >= 0.3 is 0 Å². The van der Waals surface area contributed by atoms with Gasteiger partial charge in [0.2, 0.25) is 5.91 Å². The molecular formula is C18H22N2O4S. The molecule has 0 heterocycles. The molecule has 0 spiro atoms. The lowest BCUT2D eigenvalue weighted by molar-refractivity contribution is -0.116. The minimum absolute atomic E-state index is 0.0206. The molecule has 1 N–H and O–H groups in total. The van der Waals surface area contributed by atoms with Crippen LogP contribution in [0.1, 0.15) is 20.8 Å². The number of amides is 1. The quantitative estimate of drug-likeness (QED) is 0.856. The number of anilines is 2. The van der Waals surface area contributed by atoms with Crippen LogP contribution in [0.4, 0.5) is 11.4 Å². The third-order valence-corrected chi connectivity index (χ3v) is 4.88. The van der Waals surface area contributed by atoms with Crippen molar-refractivity contribution in [3.8, 4) is 5.75 Å². The third kappa shape index (κ3) is 4.96. The predicted molar refractivity (Wildman–Crippen MR) is 98.5 cm³/mol. The summed E-state index contributed by atoms with van der Waals surface area (Å²) >= 11 is 0. The second-order valence-electron chi connectivity index (χ2n) is 5.87. The molecule has 25 heavy (non-hydrogen) atoms. The molecule has 0 radical (unpaired) electrons. The van der Waals surface area contributed by atoms with Crippen LogP contribution in [-0.2, 0) is 14.8 Å². The minimum Gasteiger partial charge on any atom is -0.491 e. The maximum atomic E-state index is 12.4. The number of benzene rings is 2. The van der Waals surface area contributed by atoms with Crippen LogP contribution < -0.4 is 14.4 Å². The van der Waals surface area contributed by atoms with Gasteiger partial charge in [0.15, 0.2) is 0 Å². The zero-order valence-electron chi connectivity index (χ0n) is 14.7. The second kappa shape index (κ2) is 7.57. The van der Waals surface area contributed by atoms with Crippen molar-refractivity contribution in [2.75, 3.05) is 16.7 Å². The first-order valence-corrected chi connectivity index (χ1v) is 9.31. The Morgan fingerprint density at radius 1 is 1.04 bits per heavy atom. The zero-order valence-corrected chi connectivity index (χ0v) is 15.5. The van der Waals surface area contributed by atoms with E-state index in [0.29, 0.717) is 17.1 Å².